The van der Waals surface area contributed by atoms with Gasteiger partial charge in [0.1, 0.15) is 11.5 Å². The van der Waals surface area contributed by atoms with Crippen LogP contribution in [0.3, 0.4) is 0 Å². The van der Waals surface area contributed by atoms with Crippen molar-refractivity contribution in [3.8, 4) is 17.1 Å². The Kier molecular flexibility index (Phi) is 5.62. The lowest BCUT2D eigenvalue weighted by atomic mass is 10.2. The molecule has 0 aliphatic rings. The molecule has 0 spiro atoms. The standard InChI is InChI=1S/C18H19N3O4S/c1-3-21-16(13-7-5-6-8-14(13)24-4-2)19-20-18(21)26-11-12-9-10-15(25-12)17(22)23/h5-10H,3-4,11H2,1-2H3,(H,22,23). The SMILES string of the molecule is CCOc1ccccc1-c1nnc(SCc2ccc(C(=O)O)o2)n1CC. The molecule has 0 amide bonds. The van der Waals surface area contributed by atoms with Crippen LogP contribution >= 0.6 is 11.8 Å². The fourth-order valence-corrected chi connectivity index (χ4v) is 3.42. The summed E-state index contributed by atoms with van der Waals surface area (Å²) in [6, 6.07) is 10.8. The number of hydrogen-bond donors (Lipinski definition) is 1. The van der Waals surface area contributed by atoms with Crippen molar-refractivity contribution in [3.63, 3.8) is 0 Å². The summed E-state index contributed by atoms with van der Waals surface area (Å²) in [5.74, 6) is 1.42. The molecule has 136 valence electrons. The number of aromatic nitrogens is 3. The summed E-state index contributed by atoms with van der Waals surface area (Å²) in [5, 5.41) is 18.3. The Morgan fingerprint density at radius 1 is 1.23 bits per heavy atom. The van der Waals surface area contributed by atoms with E-state index in [0.29, 0.717) is 24.7 Å². The first kappa shape index (κ1) is 18.1. The van der Waals surface area contributed by atoms with Gasteiger partial charge in [-0.1, -0.05) is 23.9 Å². The predicted octanol–water partition coefficient (Wildman–Crippen LogP) is 3.95. The van der Waals surface area contributed by atoms with Crippen molar-refractivity contribution in [3.05, 3.63) is 47.9 Å². The molecule has 2 heterocycles. The van der Waals surface area contributed by atoms with Gasteiger partial charge in [0.25, 0.3) is 0 Å². The number of thioether (sulfide) groups is 1. The topological polar surface area (TPSA) is 90.4 Å². The highest BCUT2D eigenvalue weighted by Crippen LogP contribution is 2.32. The van der Waals surface area contributed by atoms with Gasteiger partial charge in [0, 0.05) is 6.54 Å². The Bertz CT molecular complexity index is 903. The highest BCUT2D eigenvalue weighted by atomic mass is 32.2. The Morgan fingerprint density at radius 3 is 2.73 bits per heavy atom. The van der Waals surface area contributed by atoms with Crippen molar-refractivity contribution < 1.29 is 19.1 Å². The summed E-state index contributed by atoms with van der Waals surface area (Å²) in [7, 11) is 0. The van der Waals surface area contributed by atoms with Crippen LogP contribution in [-0.2, 0) is 12.3 Å². The number of carboxylic acid groups (broad SMARTS) is 1. The molecular weight excluding hydrogens is 354 g/mol. The molecule has 3 rings (SSSR count). The number of benzene rings is 1. The van der Waals surface area contributed by atoms with Crippen LogP contribution in [-0.4, -0.2) is 32.4 Å². The number of carboxylic acids is 1. The molecule has 2 aromatic heterocycles. The fourth-order valence-electron chi connectivity index (χ4n) is 2.52. The molecule has 26 heavy (non-hydrogen) atoms. The number of nitrogens with zero attached hydrogens (tertiary/aromatic N) is 3. The van der Waals surface area contributed by atoms with E-state index in [1.54, 1.807) is 6.07 Å². The molecule has 8 heteroatoms. The fraction of sp³-hybridized carbons (Fsp3) is 0.278. The second kappa shape index (κ2) is 8.09. The number of furan rings is 1. The third kappa shape index (κ3) is 3.75. The summed E-state index contributed by atoms with van der Waals surface area (Å²) in [5.41, 5.74) is 0.890. The van der Waals surface area contributed by atoms with Crippen LogP contribution in [0.4, 0.5) is 0 Å². The monoisotopic (exact) mass is 373 g/mol. The van der Waals surface area contributed by atoms with Gasteiger partial charge in [-0.2, -0.15) is 0 Å². The highest BCUT2D eigenvalue weighted by molar-refractivity contribution is 7.98. The first-order chi connectivity index (χ1) is 12.6. The molecule has 0 aliphatic carbocycles. The zero-order valence-corrected chi connectivity index (χ0v) is 15.3. The maximum absolute atomic E-state index is 10.9. The van der Waals surface area contributed by atoms with E-state index in [1.807, 2.05) is 42.7 Å². The number of carbonyl (C=O) groups is 1. The molecule has 0 saturated heterocycles. The minimum atomic E-state index is -1.08. The van der Waals surface area contributed by atoms with Crippen molar-refractivity contribution in [2.75, 3.05) is 6.61 Å². The maximum atomic E-state index is 10.9. The van der Waals surface area contributed by atoms with Gasteiger partial charge in [-0.3, -0.25) is 0 Å². The summed E-state index contributed by atoms with van der Waals surface area (Å²) in [6.07, 6.45) is 0. The Hall–Kier alpha value is -2.74. The number of para-hydroxylation sites is 1. The average molecular weight is 373 g/mol. The maximum Gasteiger partial charge on any atom is 0.371 e. The van der Waals surface area contributed by atoms with Gasteiger partial charge in [-0.05, 0) is 38.1 Å². The van der Waals surface area contributed by atoms with E-state index in [-0.39, 0.29) is 5.76 Å². The molecule has 1 N–H and O–H groups in total. The molecule has 0 bridgehead atoms. The van der Waals surface area contributed by atoms with Crippen LogP contribution in [0.15, 0.2) is 46.0 Å². The van der Waals surface area contributed by atoms with Crippen molar-refractivity contribution in [2.45, 2.75) is 31.3 Å². The zero-order valence-electron chi connectivity index (χ0n) is 14.5. The van der Waals surface area contributed by atoms with Crippen molar-refractivity contribution in [1.82, 2.24) is 14.8 Å². The third-order valence-corrected chi connectivity index (χ3v) is 4.67. The van der Waals surface area contributed by atoms with E-state index in [0.717, 1.165) is 22.3 Å². The first-order valence-corrected chi connectivity index (χ1v) is 9.22. The van der Waals surface area contributed by atoms with Crippen LogP contribution in [0.5, 0.6) is 5.75 Å². The van der Waals surface area contributed by atoms with E-state index >= 15 is 0 Å². The molecule has 0 unspecified atom stereocenters. The summed E-state index contributed by atoms with van der Waals surface area (Å²) in [6.45, 7) is 5.24. The van der Waals surface area contributed by atoms with Crippen molar-refractivity contribution >= 4 is 17.7 Å². The molecule has 0 radical (unpaired) electrons. The lowest BCUT2D eigenvalue weighted by Crippen LogP contribution is -2.02. The van der Waals surface area contributed by atoms with Gasteiger partial charge in [-0.25, -0.2) is 4.79 Å². The minimum Gasteiger partial charge on any atom is -0.493 e. The van der Waals surface area contributed by atoms with Gasteiger partial charge in [0.05, 0.1) is 17.9 Å². The van der Waals surface area contributed by atoms with Gasteiger partial charge in [0.15, 0.2) is 11.0 Å². The van der Waals surface area contributed by atoms with E-state index < -0.39 is 5.97 Å². The van der Waals surface area contributed by atoms with Crippen LogP contribution in [0, 0.1) is 0 Å². The minimum absolute atomic E-state index is 0.0658. The van der Waals surface area contributed by atoms with E-state index in [4.69, 9.17) is 14.3 Å². The Balaban J connectivity index is 1.83. The second-order valence-corrected chi connectivity index (χ2v) is 6.28. The number of rotatable bonds is 8. The van der Waals surface area contributed by atoms with Gasteiger partial charge in [0.2, 0.25) is 5.76 Å². The first-order valence-electron chi connectivity index (χ1n) is 8.24. The van der Waals surface area contributed by atoms with Crippen LogP contribution in [0.25, 0.3) is 11.4 Å². The smallest absolute Gasteiger partial charge is 0.371 e. The quantitative estimate of drug-likeness (QED) is 0.598. The van der Waals surface area contributed by atoms with E-state index in [2.05, 4.69) is 10.2 Å². The molecule has 0 fully saturated rings. The molecule has 0 aliphatic heterocycles. The molecule has 7 nitrogen and oxygen atoms in total. The molecular formula is C18H19N3O4S. The largest absolute Gasteiger partial charge is 0.493 e. The summed E-state index contributed by atoms with van der Waals surface area (Å²) >= 11 is 1.45. The van der Waals surface area contributed by atoms with Crippen LogP contribution in [0.1, 0.15) is 30.2 Å². The molecule has 1 aromatic carbocycles. The van der Waals surface area contributed by atoms with E-state index in [9.17, 15) is 4.79 Å². The van der Waals surface area contributed by atoms with E-state index in [1.165, 1.54) is 17.8 Å². The zero-order chi connectivity index (χ0) is 18.5. The number of hydrogen-bond acceptors (Lipinski definition) is 6. The van der Waals surface area contributed by atoms with Crippen LogP contribution < -0.4 is 4.74 Å². The third-order valence-electron chi connectivity index (χ3n) is 3.68. The normalized spacial score (nSPS) is 10.8. The molecule has 3 aromatic rings. The van der Waals surface area contributed by atoms with Gasteiger partial charge >= 0.3 is 5.97 Å². The van der Waals surface area contributed by atoms with Gasteiger partial charge in [-0.15, -0.1) is 10.2 Å². The summed E-state index contributed by atoms with van der Waals surface area (Å²) in [4.78, 5) is 10.9. The average Bonchev–Trinajstić information content (AvgIpc) is 3.27. The molecule has 0 atom stereocenters. The number of ether oxygens (including phenoxy) is 1. The van der Waals surface area contributed by atoms with Crippen molar-refractivity contribution in [1.29, 1.82) is 0 Å². The van der Waals surface area contributed by atoms with Crippen LogP contribution in [0.2, 0.25) is 0 Å². The number of aromatic carboxylic acids is 1. The Labute approximate surface area is 155 Å². The lowest BCUT2D eigenvalue weighted by molar-refractivity contribution is 0.0661. The molecule has 0 saturated carbocycles. The van der Waals surface area contributed by atoms with Gasteiger partial charge < -0.3 is 18.8 Å². The highest BCUT2D eigenvalue weighted by Gasteiger charge is 2.17. The second-order valence-electron chi connectivity index (χ2n) is 5.34. The Morgan fingerprint density at radius 2 is 2.04 bits per heavy atom. The van der Waals surface area contributed by atoms with Crippen molar-refractivity contribution in [2.24, 2.45) is 0 Å². The lowest BCUT2D eigenvalue weighted by Gasteiger charge is -2.11. The predicted molar refractivity (Wildman–Crippen MR) is 97.5 cm³/mol. The summed E-state index contributed by atoms with van der Waals surface area (Å²) < 4.78 is 13.0.